The molecule has 1 heterocycles. The van der Waals surface area contributed by atoms with Crippen LogP contribution in [0.4, 0.5) is 0 Å². The van der Waals surface area contributed by atoms with Crippen molar-refractivity contribution in [2.24, 2.45) is 0 Å². The lowest BCUT2D eigenvalue weighted by Crippen LogP contribution is -2.25. The predicted octanol–water partition coefficient (Wildman–Crippen LogP) is 4.34. The first kappa shape index (κ1) is 13.7. The first-order valence-corrected chi connectivity index (χ1v) is 6.99. The summed E-state index contributed by atoms with van der Waals surface area (Å²) < 4.78 is 5.74. The van der Waals surface area contributed by atoms with E-state index in [1.54, 1.807) is 6.07 Å². The number of allylic oxidation sites excluding steroid dienone is 1. The van der Waals surface area contributed by atoms with E-state index in [0.717, 1.165) is 37.3 Å². The highest BCUT2D eigenvalue weighted by Crippen LogP contribution is 2.34. The van der Waals surface area contributed by atoms with Crippen LogP contribution < -0.4 is 5.32 Å². The van der Waals surface area contributed by atoms with Crippen LogP contribution in [-0.4, -0.2) is 13.2 Å². The number of benzene rings is 1. The van der Waals surface area contributed by atoms with E-state index >= 15 is 0 Å². The van der Waals surface area contributed by atoms with Gasteiger partial charge >= 0.3 is 0 Å². The molecule has 0 aromatic heterocycles. The molecule has 1 aromatic carbocycles. The van der Waals surface area contributed by atoms with Crippen LogP contribution >= 0.6 is 23.2 Å². The number of halogens is 2. The molecule has 0 amide bonds. The predicted molar refractivity (Wildman–Crippen MR) is 76.1 cm³/mol. The van der Waals surface area contributed by atoms with Crippen LogP contribution in [0.25, 0.3) is 0 Å². The number of likely N-dealkylation sites (N-methyl/N-ethyl adjacent to an activating group) is 1. The Morgan fingerprint density at radius 2 is 2.22 bits per heavy atom. The normalized spacial score (nSPS) is 16.9. The second-order valence-electron chi connectivity index (χ2n) is 4.23. The molecule has 4 heteroatoms. The average molecular weight is 286 g/mol. The second kappa shape index (κ2) is 6.46. The fraction of sp³-hybridized carbons (Fsp3) is 0.429. The highest BCUT2D eigenvalue weighted by molar-refractivity contribution is 6.42. The van der Waals surface area contributed by atoms with Crippen LogP contribution in [0.5, 0.6) is 0 Å². The highest BCUT2D eigenvalue weighted by Gasteiger charge is 2.22. The molecule has 1 aliphatic heterocycles. The molecule has 2 rings (SSSR count). The SMILES string of the molecule is CCNC(C1=CCCCO1)c1cccc(Cl)c1Cl. The Morgan fingerprint density at radius 1 is 1.39 bits per heavy atom. The van der Waals surface area contributed by atoms with E-state index in [9.17, 15) is 0 Å². The number of hydrogen-bond acceptors (Lipinski definition) is 2. The zero-order chi connectivity index (χ0) is 13.0. The minimum Gasteiger partial charge on any atom is -0.496 e. The molecule has 1 aromatic rings. The van der Waals surface area contributed by atoms with E-state index < -0.39 is 0 Å². The minimum absolute atomic E-state index is 0.0125. The van der Waals surface area contributed by atoms with Crippen molar-refractivity contribution in [3.8, 4) is 0 Å². The summed E-state index contributed by atoms with van der Waals surface area (Å²) in [5.74, 6) is 0.951. The molecule has 0 spiro atoms. The van der Waals surface area contributed by atoms with Gasteiger partial charge in [0, 0.05) is 0 Å². The maximum absolute atomic E-state index is 6.29. The first-order chi connectivity index (χ1) is 8.74. The molecule has 1 N–H and O–H groups in total. The van der Waals surface area contributed by atoms with Crippen molar-refractivity contribution in [1.82, 2.24) is 5.32 Å². The molecule has 1 atom stereocenters. The highest BCUT2D eigenvalue weighted by atomic mass is 35.5. The zero-order valence-electron chi connectivity index (χ0n) is 10.4. The lowest BCUT2D eigenvalue weighted by atomic mass is 10.0. The Balaban J connectivity index is 2.34. The van der Waals surface area contributed by atoms with Gasteiger partial charge in [0.15, 0.2) is 0 Å². The Kier molecular flexibility index (Phi) is 4.93. The molecule has 0 bridgehead atoms. The molecular weight excluding hydrogens is 269 g/mol. The molecule has 0 radical (unpaired) electrons. The van der Waals surface area contributed by atoms with Crippen LogP contribution in [0.15, 0.2) is 30.0 Å². The summed E-state index contributed by atoms with van der Waals surface area (Å²) in [6, 6.07) is 5.69. The summed E-state index contributed by atoms with van der Waals surface area (Å²) in [7, 11) is 0. The molecule has 98 valence electrons. The van der Waals surface area contributed by atoms with Crippen LogP contribution in [0.1, 0.15) is 31.4 Å². The monoisotopic (exact) mass is 285 g/mol. The Bertz CT molecular complexity index is 445. The maximum Gasteiger partial charge on any atom is 0.113 e. The fourth-order valence-corrected chi connectivity index (χ4v) is 2.51. The molecule has 0 fully saturated rings. The second-order valence-corrected chi connectivity index (χ2v) is 5.02. The first-order valence-electron chi connectivity index (χ1n) is 6.24. The molecule has 1 aliphatic rings. The van der Waals surface area contributed by atoms with Crippen molar-refractivity contribution in [3.05, 3.63) is 45.6 Å². The zero-order valence-corrected chi connectivity index (χ0v) is 11.9. The molecule has 0 aliphatic carbocycles. The third kappa shape index (κ3) is 3.00. The number of ether oxygens (including phenoxy) is 1. The van der Waals surface area contributed by atoms with E-state index in [0.29, 0.717) is 10.0 Å². The summed E-state index contributed by atoms with van der Waals surface area (Å²) in [4.78, 5) is 0. The van der Waals surface area contributed by atoms with Gasteiger partial charge in [-0.3, -0.25) is 0 Å². The van der Waals surface area contributed by atoms with Crippen LogP contribution in [-0.2, 0) is 4.74 Å². The van der Waals surface area contributed by atoms with Gasteiger partial charge in [-0.05, 0) is 37.1 Å². The number of hydrogen-bond donors (Lipinski definition) is 1. The average Bonchev–Trinajstić information content (AvgIpc) is 2.41. The minimum atomic E-state index is -0.0125. The summed E-state index contributed by atoms with van der Waals surface area (Å²) in [6.07, 6.45) is 4.26. The molecule has 0 saturated carbocycles. The van der Waals surface area contributed by atoms with Gasteiger partial charge in [-0.1, -0.05) is 42.3 Å². The van der Waals surface area contributed by atoms with Gasteiger partial charge < -0.3 is 10.1 Å². The van der Waals surface area contributed by atoms with E-state index in [2.05, 4.69) is 18.3 Å². The van der Waals surface area contributed by atoms with E-state index in [-0.39, 0.29) is 6.04 Å². The van der Waals surface area contributed by atoms with Crippen LogP contribution in [0.3, 0.4) is 0 Å². The Morgan fingerprint density at radius 3 is 2.89 bits per heavy atom. The van der Waals surface area contributed by atoms with Crippen molar-refractivity contribution in [2.75, 3.05) is 13.2 Å². The molecule has 18 heavy (non-hydrogen) atoms. The van der Waals surface area contributed by atoms with Gasteiger partial charge in [-0.15, -0.1) is 0 Å². The van der Waals surface area contributed by atoms with Gasteiger partial charge in [0.2, 0.25) is 0 Å². The van der Waals surface area contributed by atoms with Crippen molar-refractivity contribution in [1.29, 1.82) is 0 Å². The smallest absolute Gasteiger partial charge is 0.113 e. The lowest BCUT2D eigenvalue weighted by molar-refractivity contribution is 0.168. The van der Waals surface area contributed by atoms with Crippen molar-refractivity contribution >= 4 is 23.2 Å². The summed E-state index contributed by atoms with van der Waals surface area (Å²) in [5.41, 5.74) is 0.971. The third-order valence-corrected chi connectivity index (χ3v) is 3.78. The van der Waals surface area contributed by atoms with E-state index in [1.807, 2.05) is 12.1 Å². The van der Waals surface area contributed by atoms with Crippen LogP contribution in [0, 0.1) is 0 Å². The summed E-state index contributed by atoms with van der Waals surface area (Å²) in [5, 5.41) is 4.57. The van der Waals surface area contributed by atoms with Gasteiger partial charge in [-0.2, -0.15) is 0 Å². The van der Waals surface area contributed by atoms with Gasteiger partial charge in [0.1, 0.15) is 5.76 Å². The Hall–Kier alpha value is -0.700. The fourth-order valence-electron chi connectivity index (χ4n) is 2.09. The number of rotatable bonds is 4. The number of nitrogens with one attached hydrogen (secondary N) is 1. The van der Waals surface area contributed by atoms with Crippen LogP contribution in [0.2, 0.25) is 10.0 Å². The Labute approximate surface area is 118 Å². The molecule has 2 nitrogen and oxygen atoms in total. The largest absolute Gasteiger partial charge is 0.496 e. The quantitative estimate of drug-likeness (QED) is 0.889. The summed E-state index contributed by atoms with van der Waals surface area (Å²) in [6.45, 7) is 3.68. The van der Waals surface area contributed by atoms with E-state index in [4.69, 9.17) is 27.9 Å². The molecule has 0 saturated heterocycles. The third-order valence-electron chi connectivity index (χ3n) is 2.95. The molecule has 1 unspecified atom stereocenters. The van der Waals surface area contributed by atoms with Crippen molar-refractivity contribution in [2.45, 2.75) is 25.8 Å². The van der Waals surface area contributed by atoms with Gasteiger partial charge in [0.05, 0.1) is 22.7 Å². The van der Waals surface area contributed by atoms with E-state index in [1.165, 1.54) is 0 Å². The lowest BCUT2D eigenvalue weighted by Gasteiger charge is -2.25. The standard InChI is InChI=1S/C14H17Cl2NO/c1-2-17-14(12-8-3-4-9-18-12)10-6-5-7-11(15)13(10)16/h5-8,14,17H,2-4,9H2,1H3. The topological polar surface area (TPSA) is 21.3 Å². The van der Waals surface area contributed by atoms with Gasteiger partial charge in [0.25, 0.3) is 0 Å². The summed E-state index contributed by atoms with van der Waals surface area (Å²) >= 11 is 12.4. The van der Waals surface area contributed by atoms with Gasteiger partial charge in [-0.25, -0.2) is 0 Å². The van der Waals surface area contributed by atoms with Crippen molar-refractivity contribution in [3.63, 3.8) is 0 Å². The molecular formula is C14H17Cl2NO. The van der Waals surface area contributed by atoms with Crippen molar-refractivity contribution < 1.29 is 4.74 Å². The maximum atomic E-state index is 6.29.